The Balaban J connectivity index is 1.87. The fourth-order valence-electron chi connectivity index (χ4n) is 1.48. The normalized spacial score (nSPS) is 12.9. The molecule has 0 saturated heterocycles. The quantitative estimate of drug-likeness (QED) is 0.773. The van der Waals surface area contributed by atoms with Crippen LogP contribution in [0.2, 0.25) is 0 Å². The maximum atomic E-state index is 4.19. The molecule has 0 spiro atoms. The van der Waals surface area contributed by atoms with E-state index in [0.29, 0.717) is 5.92 Å². The summed E-state index contributed by atoms with van der Waals surface area (Å²) in [5.41, 5.74) is 1.19. The fourth-order valence-corrected chi connectivity index (χ4v) is 1.48. The van der Waals surface area contributed by atoms with Crippen LogP contribution in [0.15, 0.2) is 24.7 Å². The highest BCUT2D eigenvalue weighted by atomic mass is 15.1. The van der Waals surface area contributed by atoms with Gasteiger partial charge in [0.2, 0.25) is 0 Å². The number of nitrogens with one attached hydrogen (secondary N) is 2. The van der Waals surface area contributed by atoms with Gasteiger partial charge in [-0.2, -0.15) is 5.10 Å². The standard InChI is InChI=1S/C10H14N4/c1-8(9-4-5-13-14-9)2-3-10-11-6-7-12-10/h4-8H,2-3H2,1H3,(H,11,12)(H,13,14). The van der Waals surface area contributed by atoms with Gasteiger partial charge in [-0.3, -0.25) is 5.10 Å². The molecular weight excluding hydrogens is 176 g/mol. The largest absolute Gasteiger partial charge is 0.349 e. The molecule has 2 aromatic heterocycles. The molecule has 0 aromatic carbocycles. The van der Waals surface area contributed by atoms with Gasteiger partial charge in [-0.25, -0.2) is 4.98 Å². The van der Waals surface area contributed by atoms with Crippen molar-refractivity contribution in [3.8, 4) is 0 Å². The maximum Gasteiger partial charge on any atom is 0.106 e. The fraction of sp³-hybridized carbons (Fsp3) is 0.400. The molecule has 14 heavy (non-hydrogen) atoms. The molecule has 2 rings (SSSR count). The second-order valence-electron chi connectivity index (χ2n) is 3.49. The predicted octanol–water partition coefficient (Wildman–Crippen LogP) is 1.87. The van der Waals surface area contributed by atoms with Crippen LogP contribution in [-0.4, -0.2) is 20.2 Å². The molecule has 74 valence electrons. The first-order valence-corrected chi connectivity index (χ1v) is 4.84. The lowest BCUT2D eigenvalue weighted by Crippen LogP contribution is -1.98. The molecule has 2 N–H and O–H groups in total. The average molecular weight is 190 g/mol. The zero-order chi connectivity index (χ0) is 9.80. The van der Waals surface area contributed by atoms with Crippen LogP contribution in [0, 0.1) is 0 Å². The van der Waals surface area contributed by atoms with Crippen LogP contribution >= 0.6 is 0 Å². The number of nitrogens with zero attached hydrogens (tertiary/aromatic N) is 2. The number of H-pyrrole nitrogens is 2. The molecule has 2 aromatic rings. The van der Waals surface area contributed by atoms with Crippen LogP contribution in [-0.2, 0) is 6.42 Å². The summed E-state index contributed by atoms with van der Waals surface area (Å²) >= 11 is 0. The molecule has 0 aliphatic carbocycles. The molecule has 0 bridgehead atoms. The Hall–Kier alpha value is -1.58. The van der Waals surface area contributed by atoms with E-state index in [2.05, 4.69) is 27.1 Å². The number of aromatic amines is 2. The van der Waals surface area contributed by atoms with Crippen molar-refractivity contribution in [3.63, 3.8) is 0 Å². The minimum absolute atomic E-state index is 0.502. The summed E-state index contributed by atoms with van der Waals surface area (Å²) in [5.74, 6) is 1.55. The number of imidazole rings is 1. The first-order valence-electron chi connectivity index (χ1n) is 4.84. The second-order valence-corrected chi connectivity index (χ2v) is 3.49. The number of aromatic nitrogens is 4. The predicted molar refractivity (Wildman–Crippen MR) is 53.9 cm³/mol. The van der Waals surface area contributed by atoms with Gasteiger partial charge in [0.1, 0.15) is 5.82 Å². The van der Waals surface area contributed by atoms with E-state index in [0.717, 1.165) is 18.7 Å². The number of hydrogen-bond donors (Lipinski definition) is 2. The highest BCUT2D eigenvalue weighted by Gasteiger charge is 2.07. The van der Waals surface area contributed by atoms with Gasteiger partial charge in [-0.05, 0) is 18.4 Å². The van der Waals surface area contributed by atoms with Crippen LogP contribution in [0.4, 0.5) is 0 Å². The molecule has 1 unspecified atom stereocenters. The second kappa shape index (κ2) is 4.09. The molecule has 0 fully saturated rings. The minimum Gasteiger partial charge on any atom is -0.349 e. The number of hydrogen-bond acceptors (Lipinski definition) is 2. The van der Waals surface area contributed by atoms with Gasteiger partial charge in [0, 0.05) is 30.7 Å². The van der Waals surface area contributed by atoms with Gasteiger partial charge in [0.25, 0.3) is 0 Å². The molecule has 0 aliphatic heterocycles. The Kier molecular flexibility index (Phi) is 2.62. The third-order valence-corrected chi connectivity index (χ3v) is 2.42. The van der Waals surface area contributed by atoms with Crippen LogP contribution in [0.5, 0.6) is 0 Å². The summed E-state index contributed by atoms with van der Waals surface area (Å²) in [6, 6.07) is 2.02. The Labute approximate surface area is 82.8 Å². The van der Waals surface area contributed by atoms with Crippen molar-refractivity contribution in [3.05, 3.63) is 36.2 Å². The van der Waals surface area contributed by atoms with E-state index in [-0.39, 0.29) is 0 Å². The molecule has 2 heterocycles. The molecule has 1 atom stereocenters. The Morgan fingerprint density at radius 3 is 3.00 bits per heavy atom. The summed E-state index contributed by atoms with van der Waals surface area (Å²) in [5, 5.41) is 6.93. The van der Waals surface area contributed by atoms with Crippen molar-refractivity contribution < 1.29 is 0 Å². The van der Waals surface area contributed by atoms with Crippen LogP contribution in [0.3, 0.4) is 0 Å². The van der Waals surface area contributed by atoms with Gasteiger partial charge in [0.05, 0.1) is 0 Å². The van der Waals surface area contributed by atoms with E-state index < -0.39 is 0 Å². The minimum atomic E-state index is 0.502. The van der Waals surface area contributed by atoms with Crippen molar-refractivity contribution in [2.24, 2.45) is 0 Å². The van der Waals surface area contributed by atoms with Crippen molar-refractivity contribution in [1.82, 2.24) is 20.2 Å². The van der Waals surface area contributed by atoms with Gasteiger partial charge in [-0.1, -0.05) is 6.92 Å². The first kappa shape index (κ1) is 8.99. The zero-order valence-corrected chi connectivity index (χ0v) is 8.20. The van der Waals surface area contributed by atoms with Crippen molar-refractivity contribution in [2.75, 3.05) is 0 Å². The molecule has 0 amide bonds. The summed E-state index contributed by atoms with van der Waals surface area (Å²) in [7, 11) is 0. The lowest BCUT2D eigenvalue weighted by Gasteiger charge is -2.06. The topological polar surface area (TPSA) is 57.4 Å². The van der Waals surface area contributed by atoms with E-state index in [4.69, 9.17) is 0 Å². The monoisotopic (exact) mass is 190 g/mol. The molecule has 4 nitrogen and oxygen atoms in total. The summed E-state index contributed by atoms with van der Waals surface area (Å²) in [6.45, 7) is 2.19. The zero-order valence-electron chi connectivity index (χ0n) is 8.20. The first-order chi connectivity index (χ1) is 6.86. The maximum absolute atomic E-state index is 4.19. The van der Waals surface area contributed by atoms with E-state index in [1.165, 1.54) is 5.69 Å². The van der Waals surface area contributed by atoms with Gasteiger partial charge in [0.15, 0.2) is 0 Å². The lowest BCUT2D eigenvalue weighted by molar-refractivity contribution is 0.644. The summed E-state index contributed by atoms with van der Waals surface area (Å²) in [6.07, 6.45) is 7.49. The van der Waals surface area contributed by atoms with E-state index >= 15 is 0 Å². The van der Waals surface area contributed by atoms with Crippen LogP contribution in [0.1, 0.15) is 30.8 Å². The lowest BCUT2D eigenvalue weighted by atomic mass is 10.0. The molecular formula is C10H14N4. The number of aryl methyl sites for hydroxylation is 1. The molecule has 0 saturated carbocycles. The van der Waals surface area contributed by atoms with E-state index in [1.807, 2.05) is 12.3 Å². The van der Waals surface area contributed by atoms with Crippen LogP contribution in [0.25, 0.3) is 0 Å². The van der Waals surface area contributed by atoms with Crippen molar-refractivity contribution in [1.29, 1.82) is 0 Å². The smallest absolute Gasteiger partial charge is 0.106 e. The Morgan fingerprint density at radius 1 is 1.43 bits per heavy atom. The van der Waals surface area contributed by atoms with Crippen LogP contribution < -0.4 is 0 Å². The van der Waals surface area contributed by atoms with Crippen molar-refractivity contribution in [2.45, 2.75) is 25.7 Å². The average Bonchev–Trinajstić information content (AvgIpc) is 2.87. The highest BCUT2D eigenvalue weighted by molar-refractivity contribution is 5.04. The molecule has 0 aliphatic rings. The van der Waals surface area contributed by atoms with Gasteiger partial charge >= 0.3 is 0 Å². The molecule has 0 radical (unpaired) electrons. The third kappa shape index (κ3) is 2.02. The Morgan fingerprint density at radius 2 is 2.36 bits per heavy atom. The number of rotatable bonds is 4. The van der Waals surface area contributed by atoms with Crippen molar-refractivity contribution >= 4 is 0 Å². The van der Waals surface area contributed by atoms with E-state index in [9.17, 15) is 0 Å². The third-order valence-electron chi connectivity index (χ3n) is 2.42. The SMILES string of the molecule is CC(CCc1ncc[nH]1)c1ccn[nH]1. The Bertz CT molecular complexity index is 349. The van der Waals surface area contributed by atoms with Gasteiger partial charge in [-0.15, -0.1) is 0 Å². The summed E-state index contributed by atoms with van der Waals surface area (Å²) < 4.78 is 0. The molecule has 4 heteroatoms. The van der Waals surface area contributed by atoms with E-state index in [1.54, 1.807) is 12.4 Å². The highest BCUT2D eigenvalue weighted by Crippen LogP contribution is 2.17. The summed E-state index contributed by atoms with van der Waals surface area (Å²) in [4.78, 5) is 7.29. The van der Waals surface area contributed by atoms with Gasteiger partial charge < -0.3 is 4.98 Å².